The molecule has 3 heterocycles. The normalized spacial score (nSPS) is 27.8. The predicted octanol–water partition coefficient (Wildman–Crippen LogP) is 2.27. The number of hydrogen-bond acceptors (Lipinski definition) is 4. The molecule has 0 aromatic carbocycles. The zero-order chi connectivity index (χ0) is 15.1. The van der Waals surface area contributed by atoms with Crippen LogP contribution in [0.1, 0.15) is 52.0 Å². The number of hydrogen-bond donors (Lipinski definition) is 0. The number of pyridine rings is 1. The zero-order valence-corrected chi connectivity index (χ0v) is 13.4. The van der Waals surface area contributed by atoms with Crippen molar-refractivity contribution in [3.8, 4) is 0 Å². The van der Waals surface area contributed by atoms with Gasteiger partial charge in [-0.25, -0.2) is 0 Å². The fourth-order valence-corrected chi connectivity index (χ4v) is 2.82. The van der Waals surface area contributed by atoms with E-state index >= 15 is 0 Å². The van der Waals surface area contributed by atoms with Crippen molar-refractivity contribution in [1.29, 1.82) is 0 Å². The highest BCUT2D eigenvalue weighted by atomic mass is 16.7. The molecule has 2 saturated heterocycles. The molecule has 1 atom stereocenters. The van der Waals surface area contributed by atoms with Gasteiger partial charge in [-0.2, -0.15) is 0 Å². The molecule has 2 fully saturated rings. The highest BCUT2D eigenvalue weighted by Crippen LogP contribution is 2.36. The Labute approximate surface area is 127 Å². The molecule has 4 nitrogen and oxygen atoms in total. The van der Waals surface area contributed by atoms with E-state index in [9.17, 15) is 0 Å². The van der Waals surface area contributed by atoms with Crippen molar-refractivity contribution in [1.82, 2.24) is 4.98 Å². The van der Waals surface area contributed by atoms with Gasteiger partial charge in [-0.15, -0.1) is 0 Å². The van der Waals surface area contributed by atoms with Gasteiger partial charge in [-0.3, -0.25) is 4.98 Å². The lowest BCUT2D eigenvalue weighted by Crippen LogP contribution is -2.41. The molecule has 2 aliphatic heterocycles. The summed E-state index contributed by atoms with van der Waals surface area (Å²) in [5.41, 5.74) is 1.47. The summed E-state index contributed by atoms with van der Waals surface area (Å²) in [5, 5.41) is 0. The lowest BCUT2D eigenvalue weighted by molar-refractivity contribution is 0.00578. The van der Waals surface area contributed by atoms with Gasteiger partial charge < -0.3 is 14.0 Å². The van der Waals surface area contributed by atoms with Crippen molar-refractivity contribution in [2.75, 3.05) is 13.2 Å². The van der Waals surface area contributed by atoms with Crippen LogP contribution >= 0.6 is 0 Å². The van der Waals surface area contributed by atoms with Gasteiger partial charge in [0.2, 0.25) is 0 Å². The van der Waals surface area contributed by atoms with E-state index in [2.05, 4.69) is 44.8 Å². The number of nitrogens with zero attached hydrogens (tertiary/aromatic N) is 1. The smallest absolute Gasteiger partial charge is 0.398 e. The molecule has 0 spiro atoms. The molecule has 1 aromatic rings. The Balaban J connectivity index is 1.81. The first kappa shape index (κ1) is 15.0. The van der Waals surface area contributed by atoms with E-state index in [0.29, 0.717) is 5.92 Å². The molecule has 21 heavy (non-hydrogen) atoms. The summed E-state index contributed by atoms with van der Waals surface area (Å²) in [6.07, 6.45) is 4.15. The van der Waals surface area contributed by atoms with Gasteiger partial charge in [0.15, 0.2) is 0 Å². The van der Waals surface area contributed by atoms with Crippen molar-refractivity contribution in [3.63, 3.8) is 0 Å². The third-order valence-electron chi connectivity index (χ3n) is 4.93. The molecule has 0 aliphatic carbocycles. The first-order chi connectivity index (χ1) is 9.89. The Morgan fingerprint density at radius 3 is 2.52 bits per heavy atom. The van der Waals surface area contributed by atoms with Crippen LogP contribution in [0.4, 0.5) is 0 Å². The third kappa shape index (κ3) is 2.87. The molecule has 0 amide bonds. The van der Waals surface area contributed by atoms with Crippen LogP contribution in [-0.4, -0.2) is 36.5 Å². The molecular formula is C16H24BNO3. The molecule has 114 valence electrons. The number of rotatable bonds is 2. The van der Waals surface area contributed by atoms with Gasteiger partial charge in [-0.1, -0.05) is 0 Å². The third-order valence-corrected chi connectivity index (χ3v) is 4.93. The molecule has 3 rings (SSSR count). The Kier molecular flexibility index (Phi) is 3.84. The molecule has 0 bridgehead atoms. The molecule has 2 aliphatic rings. The van der Waals surface area contributed by atoms with Crippen LogP contribution in [0.3, 0.4) is 0 Å². The minimum absolute atomic E-state index is 0.330. The maximum absolute atomic E-state index is 6.08. The van der Waals surface area contributed by atoms with Crippen molar-refractivity contribution < 1.29 is 14.0 Å². The minimum Gasteiger partial charge on any atom is -0.398 e. The van der Waals surface area contributed by atoms with Crippen LogP contribution < -0.4 is 5.59 Å². The van der Waals surface area contributed by atoms with Crippen LogP contribution in [0.25, 0.3) is 0 Å². The zero-order valence-electron chi connectivity index (χ0n) is 13.4. The van der Waals surface area contributed by atoms with Crippen molar-refractivity contribution in [2.24, 2.45) is 0 Å². The monoisotopic (exact) mass is 289 g/mol. The van der Waals surface area contributed by atoms with Crippen LogP contribution in [0.2, 0.25) is 0 Å². The highest BCUT2D eigenvalue weighted by molar-refractivity contribution is 6.61. The quantitative estimate of drug-likeness (QED) is 0.783. The van der Waals surface area contributed by atoms with Gasteiger partial charge in [0.25, 0.3) is 0 Å². The van der Waals surface area contributed by atoms with Crippen LogP contribution in [0.5, 0.6) is 0 Å². The van der Waals surface area contributed by atoms with Crippen LogP contribution in [-0.2, 0) is 14.0 Å². The van der Waals surface area contributed by atoms with Crippen LogP contribution in [0.15, 0.2) is 18.3 Å². The fourth-order valence-electron chi connectivity index (χ4n) is 2.82. The minimum atomic E-state index is -0.389. The molecule has 1 aromatic heterocycles. The highest BCUT2D eigenvalue weighted by Gasteiger charge is 2.52. The van der Waals surface area contributed by atoms with Crippen LogP contribution in [0, 0.1) is 0 Å². The van der Waals surface area contributed by atoms with E-state index in [1.54, 1.807) is 0 Å². The fraction of sp³-hybridized carbons (Fsp3) is 0.688. The summed E-state index contributed by atoms with van der Waals surface area (Å²) in [7, 11) is -0.389. The molecular weight excluding hydrogens is 265 g/mol. The number of ether oxygens (including phenoxy) is 1. The average molecular weight is 289 g/mol. The number of aromatic nitrogens is 1. The summed E-state index contributed by atoms with van der Waals surface area (Å²) in [6.45, 7) is 9.92. The molecule has 1 unspecified atom stereocenters. The predicted molar refractivity (Wildman–Crippen MR) is 82.7 cm³/mol. The largest absolute Gasteiger partial charge is 0.514 e. The summed E-state index contributed by atoms with van der Waals surface area (Å²) in [4.78, 5) is 4.46. The van der Waals surface area contributed by atoms with E-state index in [4.69, 9.17) is 14.0 Å². The van der Waals surface area contributed by atoms with Gasteiger partial charge in [0, 0.05) is 18.7 Å². The second kappa shape index (κ2) is 5.38. The average Bonchev–Trinajstić information content (AvgIpc) is 2.69. The van der Waals surface area contributed by atoms with Gasteiger partial charge >= 0.3 is 7.12 Å². The summed E-state index contributed by atoms with van der Waals surface area (Å²) >= 11 is 0. The van der Waals surface area contributed by atoms with Gasteiger partial charge in [0.1, 0.15) is 0 Å². The molecule has 0 radical (unpaired) electrons. The van der Waals surface area contributed by atoms with Gasteiger partial charge in [-0.05, 0) is 58.2 Å². The van der Waals surface area contributed by atoms with E-state index in [1.807, 2.05) is 6.20 Å². The maximum Gasteiger partial charge on any atom is 0.514 e. The molecule has 0 saturated carbocycles. The lowest BCUT2D eigenvalue weighted by Gasteiger charge is -2.32. The Bertz CT molecular complexity index is 496. The second-order valence-electron chi connectivity index (χ2n) is 7.02. The van der Waals surface area contributed by atoms with E-state index < -0.39 is 0 Å². The summed E-state index contributed by atoms with van der Waals surface area (Å²) in [5.74, 6) is 0.461. The van der Waals surface area contributed by atoms with Crippen molar-refractivity contribution in [2.45, 2.75) is 57.7 Å². The summed E-state index contributed by atoms with van der Waals surface area (Å²) in [6, 6.07) is 4.19. The van der Waals surface area contributed by atoms with Crippen molar-refractivity contribution >= 4 is 12.7 Å². The standard InChI is InChI=1S/C16H24BNO3/c1-15(2)16(3,4)21-17(20-15)14-10-12(7-8-18-14)13-6-5-9-19-11-13/h7-8,10,13H,5-6,9,11H2,1-4H3. The van der Waals surface area contributed by atoms with E-state index in [-0.39, 0.29) is 18.3 Å². The Morgan fingerprint density at radius 2 is 1.90 bits per heavy atom. The lowest BCUT2D eigenvalue weighted by atomic mass is 9.81. The topological polar surface area (TPSA) is 40.6 Å². The van der Waals surface area contributed by atoms with E-state index in [1.165, 1.54) is 12.0 Å². The molecule has 0 N–H and O–H groups in total. The Morgan fingerprint density at radius 1 is 1.19 bits per heavy atom. The first-order valence-electron chi connectivity index (χ1n) is 7.78. The SMILES string of the molecule is CC1(C)OB(c2cc(C3CCCOC3)ccn2)OC1(C)C. The maximum atomic E-state index is 6.08. The van der Waals surface area contributed by atoms with E-state index in [0.717, 1.165) is 25.2 Å². The summed E-state index contributed by atoms with van der Waals surface area (Å²) < 4.78 is 17.7. The first-order valence-corrected chi connectivity index (χ1v) is 7.78. The van der Waals surface area contributed by atoms with Crippen molar-refractivity contribution in [3.05, 3.63) is 23.9 Å². The van der Waals surface area contributed by atoms with Gasteiger partial charge in [0.05, 0.1) is 23.4 Å². The second-order valence-corrected chi connectivity index (χ2v) is 7.02. The molecule has 5 heteroatoms. The Hall–Kier alpha value is -0.905.